The number of imidazole rings is 1. The lowest BCUT2D eigenvalue weighted by Crippen LogP contribution is -2.26. The Balaban J connectivity index is 2.67. The minimum atomic E-state index is -0.692. The number of hydrogen-bond acceptors (Lipinski definition) is 4. The Morgan fingerprint density at radius 2 is 2.24 bits per heavy atom. The summed E-state index contributed by atoms with van der Waals surface area (Å²) in [6.07, 6.45) is 0. The van der Waals surface area contributed by atoms with E-state index in [0.717, 1.165) is 0 Å². The van der Waals surface area contributed by atoms with Gasteiger partial charge in [-0.25, -0.2) is 9.59 Å². The Hall–Kier alpha value is -2.24. The SMILES string of the molecule is COC(=O)C(C)n1c(=O)[nH]c2ccc(N)cc21. The van der Waals surface area contributed by atoms with Crippen molar-refractivity contribution in [1.82, 2.24) is 9.55 Å². The number of nitrogen functional groups attached to an aromatic ring is 1. The van der Waals surface area contributed by atoms with E-state index in [1.165, 1.54) is 11.7 Å². The van der Waals surface area contributed by atoms with Crippen LogP contribution in [0.1, 0.15) is 13.0 Å². The molecule has 2 aromatic rings. The van der Waals surface area contributed by atoms with Crippen LogP contribution >= 0.6 is 0 Å². The fourth-order valence-corrected chi connectivity index (χ4v) is 1.80. The molecule has 0 bridgehead atoms. The number of esters is 1. The normalized spacial score (nSPS) is 12.6. The molecule has 0 aliphatic carbocycles. The van der Waals surface area contributed by atoms with Crippen molar-refractivity contribution in [3.05, 3.63) is 28.7 Å². The summed E-state index contributed by atoms with van der Waals surface area (Å²) in [6, 6.07) is 4.34. The van der Waals surface area contributed by atoms with Gasteiger partial charge in [0.2, 0.25) is 0 Å². The Labute approximate surface area is 97.0 Å². The molecule has 0 amide bonds. The lowest BCUT2D eigenvalue weighted by molar-refractivity contribution is -0.144. The van der Waals surface area contributed by atoms with Crippen LogP contribution in [-0.2, 0) is 9.53 Å². The number of hydrogen-bond donors (Lipinski definition) is 2. The van der Waals surface area contributed by atoms with E-state index in [1.807, 2.05) is 0 Å². The third kappa shape index (κ3) is 1.77. The van der Waals surface area contributed by atoms with Crippen LogP contribution in [0.4, 0.5) is 5.69 Å². The number of H-pyrrole nitrogens is 1. The molecule has 1 aromatic carbocycles. The smallest absolute Gasteiger partial charge is 0.328 e. The number of methoxy groups -OCH3 is 1. The molecule has 1 aromatic heterocycles. The number of carbonyl (C=O) groups is 1. The summed E-state index contributed by atoms with van der Waals surface area (Å²) in [7, 11) is 1.28. The Bertz CT molecular complexity index is 626. The highest BCUT2D eigenvalue weighted by atomic mass is 16.5. The van der Waals surface area contributed by atoms with Crippen molar-refractivity contribution in [2.45, 2.75) is 13.0 Å². The van der Waals surface area contributed by atoms with Crippen molar-refractivity contribution in [2.75, 3.05) is 12.8 Å². The van der Waals surface area contributed by atoms with Crippen LogP contribution in [0.5, 0.6) is 0 Å². The van der Waals surface area contributed by atoms with Gasteiger partial charge < -0.3 is 15.5 Å². The van der Waals surface area contributed by atoms with Crippen molar-refractivity contribution >= 4 is 22.7 Å². The van der Waals surface area contributed by atoms with Crippen molar-refractivity contribution in [1.29, 1.82) is 0 Å². The van der Waals surface area contributed by atoms with Crippen LogP contribution in [0, 0.1) is 0 Å². The Morgan fingerprint density at radius 3 is 2.88 bits per heavy atom. The minimum absolute atomic E-state index is 0.358. The molecule has 0 saturated carbocycles. The molecule has 0 radical (unpaired) electrons. The van der Waals surface area contributed by atoms with Gasteiger partial charge >= 0.3 is 11.7 Å². The number of aromatic amines is 1. The van der Waals surface area contributed by atoms with Crippen LogP contribution in [0.15, 0.2) is 23.0 Å². The lowest BCUT2D eigenvalue weighted by atomic mass is 10.2. The molecular formula is C11H13N3O3. The molecule has 0 aliphatic heterocycles. The quantitative estimate of drug-likeness (QED) is 0.590. The highest BCUT2D eigenvalue weighted by Crippen LogP contribution is 2.18. The van der Waals surface area contributed by atoms with Gasteiger partial charge in [0.05, 0.1) is 18.1 Å². The van der Waals surface area contributed by atoms with Gasteiger partial charge in [0.1, 0.15) is 6.04 Å². The van der Waals surface area contributed by atoms with Gasteiger partial charge in [-0.2, -0.15) is 0 Å². The van der Waals surface area contributed by atoms with Gasteiger partial charge in [0.25, 0.3) is 0 Å². The third-order valence-corrected chi connectivity index (χ3v) is 2.67. The van der Waals surface area contributed by atoms with Crippen molar-refractivity contribution < 1.29 is 9.53 Å². The molecule has 1 atom stereocenters. The van der Waals surface area contributed by atoms with Crippen LogP contribution in [-0.4, -0.2) is 22.6 Å². The predicted molar refractivity (Wildman–Crippen MR) is 63.7 cm³/mol. The highest BCUT2D eigenvalue weighted by molar-refractivity contribution is 5.82. The number of anilines is 1. The highest BCUT2D eigenvalue weighted by Gasteiger charge is 2.20. The van der Waals surface area contributed by atoms with E-state index in [0.29, 0.717) is 16.7 Å². The maximum absolute atomic E-state index is 11.8. The van der Waals surface area contributed by atoms with Gasteiger partial charge in [-0.3, -0.25) is 4.57 Å². The van der Waals surface area contributed by atoms with Gasteiger partial charge in [-0.05, 0) is 25.1 Å². The molecule has 0 saturated heterocycles. The average molecular weight is 235 g/mol. The monoisotopic (exact) mass is 235 g/mol. The second-order valence-electron chi connectivity index (χ2n) is 3.78. The summed E-state index contributed by atoms with van der Waals surface area (Å²) in [6.45, 7) is 1.60. The molecule has 2 rings (SSSR count). The van der Waals surface area contributed by atoms with Crippen molar-refractivity contribution in [3.8, 4) is 0 Å². The zero-order valence-corrected chi connectivity index (χ0v) is 9.56. The summed E-state index contributed by atoms with van der Waals surface area (Å²) >= 11 is 0. The van der Waals surface area contributed by atoms with E-state index in [9.17, 15) is 9.59 Å². The third-order valence-electron chi connectivity index (χ3n) is 2.67. The predicted octanol–water partition coefficient (Wildman–Crippen LogP) is 0.646. The standard InChI is InChI=1S/C11H13N3O3/c1-6(10(15)17-2)14-9-5-7(12)3-4-8(9)13-11(14)16/h3-6H,12H2,1-2H3,(H,13,16). The summed E-state index contributed by atoms with van der Waals surface area (Å²) in [5.74, 6) is -0.476. The number of rotatable bonds is 2. The number of nitrogens with one attached hydrogen (secondary N) is 1. The van der Waals surface area contributed by atoms with Crippen LogP contribution in [0.3, 0.4) is 0 Å². The molecule has 90 valence electrons. The van der Waals surface area contributed by atoms with E-state index < -0.39 is 12.0 Å². The van der Waals surface area contributed by atoms with Gasteiger partial charge in [0, 0.05) is 5.69 Å². The first-order chi connectivity index (χ1) is 8.04. The number of fused-ring (bicyclic) bond motifs is 1. The van der Waals surface area contributed by atoms with E-state index in [-0.39, 0.29) is 5.69 Å². The summed E-state index contributed by atoms with van der Waals surface area (Å²) in [4.78, 5) is 25.9. The molecule has 1 heterocycles. The van der Waals surface area contributed by atoms with Crippen LogP contribution in [0.2, 0.25) is 0 Å². The maximum Gasteiger partial charge on any atom is 0.328 e. The minimum Gasteiger partial charge on any atom is -0.467 e. The van der Waals surface area contributed by atoms with E-state index in [2.05, 4.69) is 9.72 Å². The zero-order chi connectivity index (χ0) is 12.6. The first-order valence-electron chi connectivity index (χ1n) is 5.12. The fourth-order valence-electron chi connectivity index (χ4n) is 1.80. The first kappa shape index (κ1) is 11.3. The van der Waals surface area contributed by atoms with E-state index in [1.54, 1.807) is 25.1 Å². The number of ether oxygens (including phenoxy) is 1. The topological polar surface area (TPSA) is 90.1 Å². The Kier molecular flexibility index (Phi) is 2.63. The molecule has 0 fully saturated rings. The summed E-state index contributed by atoms with van der Waals surface area (Å²) in [5.41, 5.74) is 7.07. The molecule has 6 heteroatoms. The second kappa shape index (κ2) is 3.97. The molecule has 1 unspecified atom stereocenters. The number of aromatic nitrogens is 2. The van der Waals surface area contributed by atoms with Gasteiger partial charge in [0.15, 0.2) is 0 Å². The summed E-state index contributed by atoms with van der Waals surface area (Å²) < 4.78 is 5.96. The molecule has 6 nitrogen and oxygen atoms in total. The Morgan fingerprint density at radius 1 is 1.53 bits per heavy atom. The molecule has 0 spiro atoms. The van der Waals surface area contributed by atoms with Crippen LogP contribution in [0.25, 0.3) is 11.0 Å². The number of carbonyl (C=O) groups excluding carboxylic acids is 1. The first-order valence-corrected chi connectivity index (χ1v) is 5.12. The van der Waals surface area contributed by atoms with Crippen molar-refractivity contribution in [2.24, 2.45) is 0 Å². The number of benzene rings is 1. The summed E-state index contributed by atoms with van der Waals surface area (Å²) in [5, 5.41) is 0. The van der Waals surface area contributed by atoms with Gasteiger partial charge in [-0.15, -0.1) is 0 Å². The molecule has 0 aliphatic rings. The maximum atomic E-state index is 11.8. The number of nitrogens with zero attached hydrogens (tertiary/aromatic N) is 1. The largest absolute Gasteiger partial charge is 0.467 e. The molecule has 17 heavy (non-hydrogen) atoms. The average Bonchev–Trinajstić information content (AvgIpc) is 2.62. The molecule has 3 N–H and O–H groups in total. The van der Waals surface area contributed by atoms with Gasteiger partial charge in [-0.1, -0.05) is 0 Å². The lowest BCUT2D eigenvalue weighted by Gasteiger charge is -2.10. The zero-order valence-electron chi connectivity index (χ0n) is 9.56. The van der Waals surface area contributed by atoms with E-state index >= 15 is 0 Å². The van der Waals surface area contributed by atoms with E-state index in [4.69, 9.17) is 5.73 Å². The molecular weight excluding hydrogens is 222 g/mol. The second-order valence-corrected chi connectivity index (χ2v) is 3.78. The van der Waals surface area contributed by atoms with Crippen LogP contribution < -0.4 is 11.4 Å². The fraction of sp³-hybridized carbons (Fsp3) is 0.273. The number of nitrogens with two attached hydrogens (primary N) is 1. The van der Waals surface area contributed by atoms with Crippen molar-refractivity contribution in [3.63, 3.8) is 0 Å².